The first-order chi connectivity index (χ1) is 8.04. The summed E-state index contributed by atoms with van der Waals surface area (Å²) in [6.45, 7) is 2.38. The number of nitrogens with two attached hydrogens (primary N) is 1. The molecule has 1 unspecified atom stereocenters. The van der Waals surface area contributed by atoms with E-state index in [0.717, 1.165) is 0 Å². The van der Waals surface area contributed by atoms with Crippen molar-refractivity contribution in [1.29, 1.82) is 0 Å². The fourth-order valence-corrected chi connectivity index (χ4v) is 1.17. The van der Waals surface area contributed by atoms with Gasteiger partial charge in [0.1, 0.15) is 11.1 Å². The Morgan fingerprint density at radius 2 is 2.35 bits per heavy atom. The zero-order valence-electron chi connectivity index (χ0n) is 9.75. The highest BCUT2D eigenvalue weighted by atomic mass is 32.1. The van der Waals surface area contributed by atoms with Gasteiger partial charge in [-0.1, -0.05) is 12.2 Å². The summed E-state index contributed by atoms with van der Waals surface area (Å²) in [5.41, 5.74) is 5.18. The van der Waals surface area contributed by atoms with Crippen LogP contribution in [-0.4, -0.2) is 34.6 Å². The molecule has 0 radical (unpaired) electrons. The SMILES string of the molecule is COc1ccc(=O)n(CCOC(C)C(N)=S)n1. The van der Waals surface area contributed by atoms with Gasteiger partial charge in [-0.3, -0.25) is 4.79 Å². The maximum atomic E-state index is 11.4. The molecule has 0 aliphatic rings. The lowest BCUT2D eigenvalue weighted by molar-refractivity contribution is 0.0996. The topological polar surface area (TPSA) is 79.4 Å². The Labute approximate surface area is 104 Å². The van der Waals surface area contributed by atoms with Gasteiger partial charge >= 0.3 is 0 Å². The minimum absolute atomic E-state index is 0.211. The number of rotatable bonds is 6. The largest absolute Gasteiger partial charge is 0.480 e. The quantitative estimate of drug-likeness (QED) is 0.719. The van der Waals surface area contributed by atoms with Crippen molar-refractivity contribution in [3.63, 3.8) is 0 Å². The van der Waals surface area contributed by atoms with Crippen LogP contribution in [0.4, 0.5) is 0 Å². The summed E-state index contributed by atoms with van der Waals surface area (Å²) < 4.78 is 11.5. The second-order valence-corrected chi connectivity index (χ2v) is 3.82. The first-order valence-electron chi connectivity index (χ1n) is 5.07. The lowest BCUT2D eigenvalue weighted by Crippen LogP contribution is -2.30. The molecule has 6 nitrogen and oxygen atoms in total. The van der Waals surface area contributed by atoms with Crippen LogP contribution < -0.4 is 16.0 Å². The van der Waals surface area contributed by atoms with Crippen LogP contribution >= 0.6 is 12.2 Å². The third-order valence-electron chi connectivity index (χ3n) is 2.12. The van der Waals surface area contributed by atoms with Crippen LogP contribution in [0.25, 0.3) is 0 Å². The van der Waals surface area contributed by atoms with Crippen molar-refractivity contribution in [1.82, 2.24) is 9.78 Å². The van der Waals surface area contributed by atoms with Crippen molar-refractivity contribution < 1.29 is 9.47 Å². The molecule has 0 spiro atoms. The zero-order chi connectivity index (χ0) is 12.8. The van der Waals surface area contributed by atoms with Crippen molar-refractivity contribution in [2.45, 2.75) is 19.6 Å². The molecule has 1 aromatic rings. The van der Waals surface area contributed by atoms with Gasteiger partial charge in [0, 0.05) is 12.1 Å². The Kier molecular flexibility index (Phi) is 5.05. The van der Waals surface area contributed by atoms with Crippen LogP contribution in [0.3, 0.4) is 0 Å². The third kappa shape index (κ3) is 4.12. The van der Waals surface area contributed by atoms with Crippen LogP contribution in [-0.2, 0) is 11.3 Å². The molecule has 0 fully saturated rings. The number of thiocarbonyl (C=S) groups is 1. The highest BCUT2D eigenvalue weighted by Crippen LogP contribution is 1.99. The average Bonchev–Trinajstić information content (AvgIpc) is 2.31. The Balaban J connectivity index is 2.57. The molecule has 1 heterocycles. The summed E-state index contributed by atoms with van der Waals surface area (Å²) in [7, 11) is 1.49. The van der Waals surface area contributed by atoms with E-state index in [-0.39, 0.29) is 16.7 Å². The van der Waals surface area contributed by atoms with Crippen LogP contribution in [0.5, 0.6) is 5.88 Å². The predicted molar refractivity (Wildman–Crippen MR) is 67.2 cm³/mol. The lowest BCUT2D eigenvalue weighted by atomic mass is 10.4. The van der Waals surface area contributed by atoms with Gasteiger partial charge in [-0.25, -0.2) is 4.68 Å². The molecule has 17 heavy (non-hydrogen) atoms. The van der Waals surface area contributed by atoms with Gasteiger partial charge < -0.3 is 15.2 Å². The highest BCUT2D eigenvalue weighted by Gasteiger charge is 2.05. The molecular weight excluding hydrogens is 242 g/mol. The van der Waals surface area contributed by atoms with Crippen LogP contribution in [0.15, 0.2) is 16.9 Å². The van der Waals surface area contributed by atoms with Gasteiger partial charge in [-0.2, -0.15) is 0 Å². The Hall–Kier alpha value is -1.47. The summed E-state index contributed by atoms with van der Waals surface area (Å²) in [6.07, 6.45) is -0.314. The number of hydrogen-bond donors (Lipinski definition) is 1. The summed E-state index contributed by atoms with van der Waals surface area (Å²) in [5, 5.41) is 3.97. The van der Waals surface area contributed by atoms with Gasteiger partial charge in [-0.15, -0.1) is 5.10 Å². The molecule has 0 aliphatic carbocycles. The molecule has 0 amide bonds. The van der Waals surface area contributed by atoms with E-state index in [0.29, 0.717) is 19.0 Å². The third-order valence-corrected chi connectivity index (χ3v) is 2.45. The highest BCUT2D eigenvalue weighted by molar-refractivity contribution is 7.80. The minimum Gasteiger partial charge on any atom is -0.480 e. The van der Waals surface area contributed by atoms with Crippen molar-refractivity contribution in [3.05, 3.63) is 22.5 Å². The van der Waals surface area contributed by atoms with Gasteiger partial charge in [0.2, 0.25) is 5.88 Å². The number of aromatic nitrogens is 2. The normalized spacial score (nSPS) is 12.1. The average molecular weight is 257 g/mol. The van der Waals surface area contributed by atoms with Crippen LogP contribution in [0, 0.1) is 0 Å². The maximum Gasteiger partial charge on any atom is 0.267 e. The number of ether oxygens (including phenoxy) is 2. The van der Waals surface area contributed by atoms with Gasteiger partial charge in [0.25, 0.3) is 5.56 Å². The summed E-state index contributed by atoms with van der Waals surface area (Å²) in [4.78, 5) is 11.7. The van der Waals surface area contributed by atoms with Crippen molar-refractivity contribution in [2.75, 3.05) is 13.7 Å². The second-order valence-electron chi connectivity index (χ2n) is 3.35. The van der Waals surface area contributed by atoms with E-state index in [1.807, 2.05) is 0 Å². The minimum atomic E-state index is -0.314. The molecule has 0 aliphatic heterocycles. The van der Waals surface area contributed by atoms with E-state index in [9.17, 15) is 4.79 Å². The monoisotopic (exact) mass is 257 g/mol. The maximum absolute atomic E-state index is 11.4. The summed E-state index contributed by atoms with van der Waals surface area (Å²) in [5.74, 6) is 0.381. The molecule has 1 atom stereocenters. The Morgan fingerprint density at radius 3 is 2.94 bits per heavy atom. The van der Waals surface area contributed by atoms with Crippen molar-refractivity contribution >= 4 is 17.2 Å². The smallest absolute Gasteiger partial charge is 0.267 e. The molecule has 94 valence electrons. The molecule has 7 heteroatoms. The fourth-order valence-electron chi connectivity index (χ4n) is 1.10. The molecule has 0 bridgehead atoms. The van der Waals surface area contributed by atoms with Gasteiger partial charge in [0.05, 0.1) is 20.3 Å². The van der Waals surface area contributed by atoms with E-state index in [2.05, 4.69) is 5.10 Å². The predicted octanol–water partition coefficient (Wildman–Crippen LogP) is -0.0569. The van der Waals surface area contributed by atoms with Crippen LogP contribution in [0.2, 0.25) is 0 Å². The summed E-state index contributed by atoms with van der Waals surface area (Å²) in [6, 6.07) is 2.90. The van der Waals surface area contributed by atoms with Gasteiger partial charge in [-0.05, 0) is 6.92 Å². The number of methoxy groups -OCH3 is 1. The Morgan fingerprint density at radius 1 is 1.65 bits per heavy atom. The lowest BCUT2D eigenvalue weighted by Gasteiger charge is -2.11. The fraction of sp³-hybridized carbons (Fsp3) is 0.500. The van der Waals surface area contributed by atoms with Gasteiger partial charge in [0.15, 0.2) is 0 Å². The van der Waals surface area contributed by atoms with Crippen LogP contribution in [0.1, 0.15) is 6.92 Å². The van der Waals surface area contributed by atoms with E-state index in [1.165, 1.54) is 23.9 Å². The van der Waals surface area contributed by atoms with Crippen molar-refractivity contribution in [2.24, 2.45) is 5.73 Å². The molecule has 2 N–H and O–H groups in total. The molecular formula is C10H15N3O3S. The molecule has 1 aromatic heterocycles. The molecule has 0 saturated heterocycles. The summed E-state index contributed by atoms with van der Waals surface area (Å²) >= 11 is 4.76. The first-order valence-corrected chi connectivity index (χ1v) is 5.48. The first kappa shape index (κ1) is 13.6. The number of hydrogen-bond acceptors (Lipinski definition) is 5. The van der Waals surface area contributed by atoms with E-state index in [1.54, 1.807) is 6.92 Å². The van der Waals surface area contributed by atoms with E-state index < -0.39 is 0 Å². The molecule has 1 rings (SSSR count). The molecule has 0 aromatic carbocycles. The number of nitrogens with zero attached hydrogens (tertiary/aromatic N) is 2. The zero-order valence-corrected chi connectivity index (χ0v) is 10.6. The van der Waals surface area contributed by atoms with E-state index >= 15 is 0 Å². The molecule has 0 saturated carbocycles. The second kappa shape index (κ2) is 6.31. The standard InChI is InChI=1S/C10H15N3O3S/c1-7(10(11)17)16-6-5-13-9(14)4-3-8(12-13)15-2/h3-4,7H,5-6H2,1-2H3,(H2,11,17). The van der Waals surface area contributed by atoms with E-state index in [4.69, 9.17) is 27.4 Å². The Bertz CT molecular complexity index is 447. The van der Waals surface area contributed by atoms with Crippen molar-refractivity contribution in [3.8, 4) is 5.88 Å².